The van der Waals surface area contributed by atoms with Crippen molar-refractivity contribution in [2.75, 3.05) is 19.8 Å². The predicted molar refractivity (Wildman–Crippen MR) is 141 cm³/mol. The molecule has 0 aliphatic heterocycles. The zero-order chi connectivity index (χ0) is 30.3. The Balaban J connectivity index is -0.000000240. The molecule has 0 aliphatic carbocycles. The minimum Gasteiger partial charge on any atom is -0.299 e. The second kappa shape index (κ2) is 35.2. The van der Waals surface area contributed by atoms with Crippen molar-refractivity contribution in [3.05, 3.63) is 0 Å². The summed E-state index contributed by atoms with van der Waals surface area (Å²) < 4.78 is 0. The molecule has 0 radical (unpaired) electrons. The molecular formula is C27H48O12Zr. The topological polar surface area (TPSA) is 158 Å². The van der Waals surface area contributed by atoms with Crippen LogP contribution in [0.3, 0.4) is 0 Å². The fraction of sp³-hybridized carbons (Fsp3) is 0.778. The van der Waals surface area contributed by atoms with Crippen molar-refractivity contribution in [3.63, 3.8) is 0 Å². The van der Waals surface area contributed by atoms with Gasteiger partial charge in [0.25, 0.3) is 0 Å². The number of rotatable bonds is 21. The van der Waals surface area contributed by atoms with E-state index >= 15 is 0 Å². The molecule has 0 fully saturated rings. The first kappa shape index (κ1) is 45.2. The smallest absolute Gasteiger partial charge is 0.299 e. The van der Waals surface area contributed by atoms with E-state index in [1.54, 1.807) is 0 Å². The van der Waals surface area contributed by atoms with Gasteiger partial charge >= 0.3 is 17.9 Å². The molecule has 0 spiro atoms. The SMILES string of the molecule is CCCOOC(=O)CC(=O)CCC.CCCOOC(=O)CC(=O)CCC.CCCOOC(=O)CC(=O)CCC.[Zr]. The normalized spacial score (nSPS) is 9.45. The second-order valence-corrected chi connectivity index (χ2v) is 8.23. The van der Waals surface area contributed by atoms with E-state index in [1.165, 1.54) is 0 Å². The van der Waals surface area contributed by atoms with Crippen LogP contribution in [0.15, 0.2) is 0 Å². The molecule has 0 N–H and O–H groups in total. The summed E-state index contributed by atoms with van der Waals surface area (Å²) in [5.41, 5.74) is 0. The Morgan fingerprint density at radius 1 is 0.400 bits per heavy atom. The first-order valence-corrected chi connectivity index (χ1v) is 13.6. The van der Waals surface area contributed by atoms with E-state index in [1.807, 2.05) is 41.5 Å². The van der Waals surface area contributed by atoms with Gasteiger partial charge in [-0.1, -0.05) is 41.5 Å². The van der Waals surface area contributed by atoms with Crippen molar-refractivity contribution >= 4 is 35.3 Å². The van der Waals surface area contributed by atoms with E-state index in [0.717, 1.165) is 38.5 Å². The van der Waals surface area contributed by atoms with Crippen LogP contribution in [0.4, 0.5) is 0 Å². The van der Waals surface area contributed by atoms with E-state index in [9.17, 15) is 28.8 Å². The molecule has 0 bridgehead atoms. The van der Waals surface area contributed by atoms with Gasteiger partial charge in [0.1, 0.15) is 36.6 Å². The van der Waals surface area contributed by atoms with Gasteiger partial charge < -0.3 is 0 Å². The Hall–Kier alpha value is -1.82. The van der Waals surface area contributed by atoms with Crippen LogP contribution in [0, 0.1) is 0 Å². The van der Waals surface area contributed by atoms with Gasteiger partial charge in [0.2, 0.25) is 0 Å². The first-order valence-electron chi connectivity index (χ1n) is 13.6. The summed E-state index contributed by atoms with van der Waals surface area (Å²) in [5, 5.41) is 0. The average molecular weight is 656 g/mol. The number of ketones is 3. The number of hydrogen-bond acceptors (Lipinski definition) is 12. The number of carbonyl (C=O) groups is 6. The van der Waals surface area contributed by atoms with Crippen LogP contribution < -0.4 is 0 Å². The zero-order valence-corrected chi connectivity index (χ0v) is 27.5. The van der Waals surface area contributed by atoms with Crippen LogP contribution in [0.2, 0.25) is 0 Å². The Labute approximate surface area is 257 Å². The molecule has 0 unspecified atom stereocenters. The number of Topliss-reactive ketones (excluding diaryl/α,β-unsaturated/α-hetero) is 3. The van der Waals surface area contributed by atoms with Gasteiger partial charge in [-0.05, 0) is 38.5 Å². The summed E-state index contributed by atoms with van der Waals surface area (Å²) in [6.45, 7) is 12.5. The third-order valence-electron chi connectivity index (χ3n) is 3.93. The first-order chi connectivity index (χ1) is 18.6. The van der Waals surface area contributed by atoms with Gasteiger partial charge in [0.05, 0.1) is 19.8 Å². The maximum absolute atomic E-state index is 10.9. The standard InChI is InChI=1S/3C9H16O4.Zr/c3*1-3-5-8(10)7-9(11)13-12-6-4-2;/h3*3-7H2,1-2H3;. The quantitative estimate of drug-likeness (QED) is 0.0715. The fourth-order valence-corrected chi connectivity index (χ4v) is 2.25. The van der Waals surface area contributed by atoms with Gasteiger partial charge in [-0.3, -0.25) is 29.0 Å². The van der Waals surface area contributed by atoms with Crippen molar-refractivity contribution in [1.29, 1.82) is 0 Å². The number of hydrogen-bond donors (Lipinski definition) is 0. The summed E-state index contributed by atoms with van der Waals surface area (Å²) >= 11 is 0. The molecule has 0 saturated heterocycles. The second-order valence-electron chi connectivity index (χ2n) is 8.23. The van der Waals surface area contributed by atoms with Crippen molar-refractivity contribution in [1.82, 2.24) is 0 Å². The zero-order valence-electron chi connectivity index (χ0n) is 25.0. The molecule has 0 rings (SSSR count). The van der Waals surface area contributed by atoms with Crippen molar-refractivity contribution in [2.45, 2.75) is 119 Å². The largest absolute Gasteiger partial charge is 0.349 e. The Morgan fingerprint density at radius 3 is 0.800 bits per heavy atom. The predicted octanol–water partition coefficient (Wildman–Crippen LogP) is 4.89. The maximum Gasteiger partial charge on any atom is 0.349 e. The molecule has 0 heterocycles. The minimum absolute atomic E-state index is 0. The van der Waals surface area contributed by atoms with E-state index < -0.39 is 17.9 Å². The fourth-order valence-electron chi connectivity index (χ4n) is 2.25. The third kappa shape index (κ3) is 38.3. The molecule has 0 aromatic carbocycles. The van der Waals surface area contributed by atoms with Gasteiger partial charge in [0.15, 0.2) is 0 Å². The molecule has 13 heteroatoms. The number of carbonyl (C=O) groups excluding carboxylic acids is 6. The van der Waals surface area contributed by atoms with Gasteiger partial charge in [0, 0.05) is 45.5 Å². The van der Waals surface area contributed by atoms with E-state index in [4.69, 9.17) is 0 Å². The van der Waals surface area contributed by atoms with Crippen LogP contribution in [-0.2, 0) is 84.3 Å². The summed E-state index contributed by atoms with van der Waals surface area (Å²) in [4.78, 5) is 91.9. The van der Waals surface area contributed by atoms with E-state index in [2.05, 4.69) is 29.3 Å². The molecule has 0 aromatic heterocycles. The minimum atomic E-state index is -0.605. The van der Waals surface area contributed by atoms with Crippen LogP contribution in [0.1, 0.15) is 119 Å². The van der Waals surface area contributed by atoms with E-state index in [0.29, 0.717) is 39.1 Å². The van der Waals surface area contributed by atoms with Gasteiger partial charge in [-0.25, -0.2) is 14.4 Å². The van der Waals surface area contributed by atoms with Crippen molar-refractivity contribution in [3.8, 4) is 0 Å². The van der Waals surface area contributed by atoms with Crippen LogP contribution >= 0.6 is 0 Å². The molecule has 40 heavy (non-hydrogen) atoms. The van der Waals surface area contributed by atoms with Crippen molar-refractivity contribution < 1.29 is 84.3 Å². The van der Waals surface area contributed by atoms with Crippen LogP contribution in [0.25, 0.3) is 0 Å². The summed E-state index contributed by atoms with van der Waals surface area (Å²) in [6, 6.07) is 0. The molecule has 0 aliphatic rings. The van der Waals surface area contributed by atoms with E-state index in [-0.39, 0.29) is 62.8 Å². The Morgan fingerprint density at radius 2 is 0.625 bits per heavy atom. The van der Waals surface area contributed by atoms with Crippen molar-refractivity contribution in [2.24, 2.45) is 0 Å². The molecule has 0 saturated carbocycles. The summed E-state index contributed by atoms with van der Waals surface area (Å²) in [6.07, 6.45) is 5.29. The Kier molecular flexibility index (Phi) is 39.8. The van der Waals surface area contributed by atoms with Crippen LogP contribution in [0.5, 0.6) is 0 Å². The molecular weight excluding hydrogens is 608 g/mol. The molecule has 0 amide bonds. The Bertz CT molecular complexity index is 592. The average Bonchev–Trinajstić information content (AvgIpc) is 2.85. The molecule has 0 aromatic rings. The van der Waals surface area contributed by atoms with Gasteiger partial charge in [-0.15, -0.1) is 0 Å². The third-order valence-corrected chi connectivity index (χ3v) is 3.93. The summed E-state index contributed by atoms with van der Waals surface area (Å²) in [7, 11) is 0. The molecule has 0 atom stereocenters. The monoisotopic (exact) mass is 654 g/mol. The molecule has 12 nitrogen and oxygen atoms in total. The molecule has 232 valence electrons. The maximum atomic E-state index is 10.9. The van der Waals surface area contributed by atoms with Crippen LogP contribution in [-0.4, -0.2) is 55.1 Å². The van der Waals surface area contributed by atoms with Gasteiger partial charge in [-0.2, -0.15) is 14.7 Å². The summed E-state index contributed by atoms with van der Waals surface area (Å²) in [5.74, 6) is -2.13.